The fourth-order valence-corrected chi connectivity index (χ4v) is 2.43. The van der Waals surface area contributed by atoms with Crippen molar-refractivity contribution in [3.63, 3.8) is 0 Å². The fourth-order valence-electron chi connectivity index (χ4n) is 2.43. The van der Waals surface area contributed by atoms with Crippen molar-refractivity contribution >= 4 is 0 Å². The number of hydrogen-bond acceptors (Lipinski definition) is 4. The van der Waals surface area contributed by atoms with E-state index in [0.29, 0.717) is 5.92 Å². The minimum Gasteiger partial charge on any atom is -0.371 e. The van der Waals surface area contributed by atoms with E-state index in [4.69, 9.17) is 9.72 Å². The smallest absolute Gasteiger partial charge is 0.159 e. The van der Waals surface area contributed by atoms with Crippen LogP contribution in [0.15, 0.2) is 6.20 Å². The quantitative estimate of drug-likeness (QED) is 0.882. The zero-order valence-corrected chi connectivity index (χ0v) is 11.8. The first kappa shape index (κ1) is 13.4. The molecule has 0 radical (unpaired) electrons. The molecular weight excluding hydrogens is 226 g/mol. The summed E-state index contributed by atoms with van der Waals surface area (Å²) in [6, 6.07) is 0. The predicted octanol–water partition coefficient (Wildman–Crippen LogP) is 1.68. The highest BCUT2D eigenvalue weighted by Gasteiger charge is 2.26. The third-order valence-electron chi connectivity index (χ3n) is 3.79. The summed E-state index contributed by atoms with van der Waals surface area (Å²) in [4.78, 5) is 9.17. The summed E-state index contributed by atoms with van der Waals surface area (Å²) >= 11 is 0. The number of fused-ring (bicyclic) bond motifs is 1. The van der Waals surface area contributed by atoms with E-state index in [1.807, 2.05) is 27.1 Å². The molecule has 0 spiro atoms. The van der Waals surface area contributed by atoms with Crippen molar-refractivity contribution in [3.8, 4) is 0 Å². The third-order valence-corrected chi connectivity index (χ3v) is 3.79. The van der Waals surface area contributed by atoms with E-state index in [-0.39, 0.29) is 0 Å². The van der Waals surface area contributed by atoms with Gasteiger partial charge in [0.05, 0.1) is 0 Å². The van der Waals surface area contributed by atoms with Crippen molar-refractivity contribution in [2.45, 2.75) is 38.7 Å². The van der Waals surface area contributed by atoms with Crippen molar-refractivity contribution in [3.05, 3.63) is 23.3 Å². The molecule has 0 aromatic carbocycles. The number of nitrogens with one attached hydrogen (secondary N) is 1. The minimum absolute atomic E-state index is 0.406. The van der Waals surface area contributed by atoms with Gasteiger partial charge in [0, 0.05) is 19.0 Å². The van der Waals surface area contributed by atoms with E-state index in [0.717, 1.165) is 25.2 Å². The number of aromatic nitrogens is 2. The van der Waals surface area contributed by atoms with E-state index in [1.54, 1.807) is 7.11 Å². The van der Waals surface area contributed by atoms with Crippen molar-refractivity contribution in [1.29, 1.82) is 0 Å². The van der Waals surface area contributed by atoms with Crippen LogP contribution in [0.5, 0.6) is 0 Å². The average Bonchev–Trinajstić information content (AvgIpc) is 2.38. The molecule has 0 saturated carbocycles. The topological polar surface area (TPSA) is 47.0 Å². The molecule has 18 heavy (non-hydrogen) atoms. The molecule has 4 nitrogen and oxygen atoms in total. The summed E-state index contributed by atoms with van der Waals surface area (Å²) in [6.07, 6.45) is 5.33. The van der Waals surface area contributed by atoms with Gasteiger partial charge in [0.2, 0.25) is 0 Å². The lowest BCUT2D eigenvalue weighted by molar-refractivity contribution is 0.0111. The maximum Gasteiger partial charge on any atom is 0.159 e. The maximum atomic E-state index is 5.44. The van der Waals surface area contributed by atoms with Crippen LogP contribution >= 0.6 is 0 Å². The molecule has 1 aromatic rings. The molecule has 2 rings (SSSR count). The van der Waals surface area contributed by atoms with Gasteiger partial charge in [0.25, 0.3) is 0 Å². The second-order valence-electron chi connectivity index (χ2n) is 5.55. The number of ether oxygens (including phenoxy) is 1. The van der Waals surface area contributed by atoms with Crippen LogP contribution in [-0.4, -0.2) is 30.7 Å². The zero-order chi connectivity index (χ0) is 13.2. The molecule has 1 unspecified atom stereocenters. The van der Waals surface area contributed by atoms with Gasteiger partial charge >= 0.3 is 0 Å². The van der Waals surface area contributed by atoms with E-state index >= 15 is 0 Å². The van der Waals surface area contributed by atoms with Crippen LogP contribution in [0.1, 0.15) is 37.4 Å². The third kappa shape index (κ3) is 2.70. The number of methoxy groups -OCH3 is 1. The van der Waals surface area contributed by atoms with Crippen molar-refractivity contribution < 1.29 is 4.74 Å². The molecule has 0 amide bonds. The highest BCUT2D eigenvalue weighted by Crippen LogP contribution is 2.26. The number of hydrogen-bond donors (Lipinski definition) is 1. The Morgan fingerprint density at radius 1 is 1.50 bits per heavy atom. The molecule has 0 saturated heterocycles. The predicted molar refractivity (Wildman–Crippen MR) is 71.5 cm³/mol. The number of aryl methyl sites for hydroxylation is 1. The Hall–Kier alpha value is -1.00. The van der Waals surface area contributed by atoms with Crippen LogP contribution in [0.3, 0.4) is 0 Å². The largest absolute Gasteiger partial charge is 0.371 e. The summed E-state index contributed by atoms with van der Waals surface area (Å²) in [5.41, 5.74) is 2.10. The Labute approximate surface area is 109 Å². The normalized spacial score (nSPS) is 19.7. The molecule has 1 aliphatic carbocycles. The summed E-state index contributed by atoms with van der Waals surface area (Å²) in [6.45, 7) is 5.08. The Balaban J connectivity index is 2.20. The molecule has 0 aliphatic heterocycles. The Bertz CT molecular complexity index is 418. The second-order valence-corrected chi connectivity index (χ2v) is 5.55. The van der Waals surface area contributed by atoms with E-state index in [1.165, 1.54) is 17.7 Å². The van der Waals surface area contributed by atoms with Gasteiger partial charge in [0.1, 0.15) is 5.60 Å². The lowest BCUT2D eigenvalue weighted by Gasteiger charge is -2.26. The first-order chi connectivity index (χ1) is 8.56. The first-order valence-electron chi connectivity index (χ1n) is 6.62. The van der Waals surface area contributed by atoms with Gasteiger partial charge in [-0.05, 0) is 58.2 Å². The SMILES string of the molecule is CNCC1CCc2nc(C(C)(C)OC)ncc2C1. The van der Waals surface area contributed by atoms with E-state index < -0.39 is 5.60 Å². The molecule has 100 valence electrons. The first-order valence-corrected chi connectivity index (χ1v) is 6.62. The molecular formula is C14H23N3O. The number of rotatable bonds is 4. The van der Waals surface area contributed by atoms with Gasteiger partial charge in [-0.3, -0.25) is 0 Å². The molecule has 4 heteroatoms. The monoisotopic (exact) mass is 249 g/mol. The molecule has 0 fully saturated rings. The van der Waals surface area contributed by atoms with Gasteiger partial charge in [-0.2, -0.15) is 0 Å². The average molecular weight is 249 g/mol. The van der Waals surface area contributed by atoms with Crippen LogP contribution in [0.2, 0.25) is 0 Å². The van der Waals surface area contributed by atoms with Crippen molar-refractivity contribution in [1.82, 2.24) is 15.3 Å². The molecule has 1 aromatic heterocycles. The summed E-state index contributed by atoms with van der Waals surface area (Å²) in [7, 11) is 3.71. The van der Waals surface area contributed by atoms with Crippen LogP contribution in [0.25, 0.3) is 0 Å². The van der Waals surface area contributed by atoms with E-state index in [2.05, 4.69) is 10.3 Å². The van der Waals surface area contributed by atoms with Crippen LogP contribution in [-0.2, 0) is 23.2 Å². The van der Waals surface area contributed by atoms with Gasteiger partial charge in [-0.15, -0.1) is 0 Å². The zero-order valence-electron chi connectivity index (χ0n) is 11.8. The van der Waals surface area contributed by atoms with Crippen LogP contribution < -0.4 is 5.32 Å². The number of nitrogens with zero attached hydrogens (tertiary/aromatic N) is 2. The maximum absolute atomic E-state index is 5.44. The van der Waals surface area contributed by atoms with Gasteiger partial charge in [-0.1, -0.05) is 0 Å². The van der Waals surface area contributed by atoms with Gasteiger partial charge < -0.3 is 10.1 Å². The Morgan fingerprint density at radius 3 is 2.94 bits per heavy atom. The fraction of sp³-hybridized carbons (Fsp3) is 0.714. The standard InChI is InChI=1S/C14H23N3O/c1-14(2,18-4)13-16-9-11-7-10(8-15-3)5-6-12(11)17-13/h9-10,15H,5-8H2,1-4H3. The molecule has 0 bridgehead atoms. The highest BCUT2D eigenvalue weighted by atomic mass is 16.5. The van der Waals surface area contributed by atoms with Crippen molar-refractivity contribution in [2.75, 3.05) is 20.7 Å². The molecule has 1 heterocycles. The van der Waals surface area contributed by atoms with Crippen LogP contribution in [0.4, 0.5) is 0 Å². The second kappa shape index (κ2) is 5.33. The summed E-state index contributed by atoms with van der Waals surface area (Å²) < 4.78 is 5.44. The van der Waals surface area contributed by atoms with E-state index in [9.17, 15) is 0 Å². The van der Waals surface area contributed by atoms with Crippen LogP contribution in [0, 0.1) is 5.92 Å². The lowest BCUT2D eigenvalue weighted by Crippen LogP contribution is -2.28. The molecule has 1 atom stereocenters. The Morgan fingerprint density at radius 2 is 2.28 bits per heavy atom. The molecule has 1 N–H and O–H groups in total. The van der Waals surface area contributed by atoms with Crippen molar-refractivity contribution in [2.24, 2.45) is 5.92 Å². The van der Waals surface area contributed by atoms with Gasteiger partial charge in [0.15, 0.2) is 5.82 Å². The highest BCUT2D eigenvalue weighted by molar-refractivity contribution is 5.22. The lowest BCUT2D eigenvalue weighted by atomic mass is 9.87. The summed E-state index contributed by atoms with van der Waals surface area (Å²) in [5.74, 6) is 1.50. The Kier molecular flexibility index (Phi) is 3.97. The minimum atomic E-state index is -0.406. The summed E-state index contributed by atoms with van der Waals surface area (Å²) in [5, 5.41) is 3.25. The molecule has 1 aliphatic rings. The van der Waals surface area contributed by atoms with Gasteiger partial charge in [-0.25, -0.2) is 9.97 Å².